The van der Waals surface area contributed by atoms with Gasteiger partial charge in [0, 0.05) is 0 Å². The van der Waals surface area contributed by atoms with Crippen LogP contribution in [0.3, 0.4) is 0 Å². The van der Waals surface area contributed by atoms with Crippen molar-refractivity contribution in [1.82, 2.24) is 5.43 Å². The molecule has 5 nitrogen and oxygen atoms in total. The third-order valence-corrected chi connectivity index (χ3v) is 2.86. The third-order valence-electron chi connectivity index (χ3n) is 2.86. The fourth-order valence-electron chi connectivity index (χ4n) is 1.82. The van der Waals surface area contributed by atoms with E-state index in [-0.39, 0.29) is 12.3 Å². The number of carbonyl (C=O) groups is 1. The van der Waals surface area contributed by atoms with E-state index in [9.17, 15) is 4.79 Å². The molecule has 19 heavy (non-hydrogen) atoms. The number of rotatable bonds is 4. The Labute approximate surface area is 112 Å². The zero-order valence-corrected chi connectivity index (χ0v) is 11.2. The lowest BCUT2D eigenvalue weighted by molar-refractivity contribution is -0.159. The Balaban J connectivity index is 1.81. The van der Waals surface area contributed by atoms with Crippen molar-refractivity contribution in [3.63, 3.8) is 0 Å². The van der Waals surface area contributed by atoms with Gasteiger partial charge in [0.2, 0.25) is 5.91 Å². The molecule has 0 spiro atoms. The summed E-state index contributed by atoms with van der Waals surface area (Å²) >= 11 is 0. The Morgan fingerprint density at radius 1 is 1.37 bits per heavy atom. The second-order valence-electron chi connectivity index (χ2n) is 4.71. The normalized spacial score (nSPS) is 17.8. The van der Waals surface area contributed by atoms with E-state index in [0.29, 0.717) is 13.2 Å². The first-order valence-corrected chi connectivity index (χ1v) is 6.24. The molecule has 1 N–H and O–H groups in total. The maximum Gasteiger partial charge on any atom is 0.245 e. The second kappa shape index (κ2) is 5.95. The van der Waals surface area contributed by atoms with E-state index >= 15 is 0 Å². The lowest BCUT2D eigenvalue weighted by Crippen LogP contribution is -2.33. The van der Waals surface area contributed by atoms with Gasteiger partial charge in [0.1, 0.15) is 0 Å². The topological polar surface area (TPSA) is 59.9 Å². The number of benzene rings is 1. The first-order chi connectivity index (χ1) is 9.07. The molecule has 2 rings (SSSR count). The maximum atomic E-state index is 11.7. The van der Waals surface area contributed by atoms with E-state index in [1.54, 1.807) is 13.1 Å². The fraction of sp³-hybridized carbons (Fsp3) is 0.429. The Kier molecular flexibility index (Phi) is 4.29. The molecule has 0 radical (unpaired) electrons. The van der Waals surface area contributed by atoms with Gasteiger partial charge in [0.05, 0.1) is 25.8 Å². The minimum Gasteiger partial charge on any atom is -0.347 e. The number of nitrogens with one attached hydrogen (secondary N) is 1. The Morgan fingerprint density at radius 3 is 2.63 bits per heavy atom. The summed E-state index contributed by atoms with van der Waals surface area (Å²) in [7, 11) is 0. The predicted molar refractivity (Wildman–Crippen MR) is 71.8 cm³/mol. The zero-order valence-electron chi connectivity index (χ0n) is 11.2. The van der Waals surface area contributed by atoms with Gasteiger partial charge in [-0.1, -0.05) is 29.8 Å². The molecule has 0 unspecified atom stereocenters. The summed E-state index contributed by atoms with van der Waals surface area (Å²) in [5.74, 6) is -1.04. The van der Waals surface area contributed by atoms with Crippen LogP contribution in [0.5, 0.6) is 0 Å². The standard InChI is InChI=1S/C14H18N2O3/c1-11-3-5-12(6-4-11)10-15-16-13(17)9-14(2)18-7-8-19-14/h3-6,10H,7-9H2,1-2H3,(H,16,17). The zero-order chi connectivity index (χ0) is 13.7. The number of carbonyl (C=O) groups excluding carboxylic acids is 1. The van der Waals surface area contributed by atoms with E-state index in [1.807, 2.05) is 31.2 Å². The van der Waals surface area contributed by atoms with E-state index in [0.717, 1.165) is 5.56 Å². The monoisotopic (exact) mass is 262 g/mol. The van der Waals surface area contributed by atoms with Crippen molar-refractivity contribution < 1.29 is 14.3 Å². The van der Waals surface area contributed by atoms with Crippen LogP contribution in [0.4, 0.5) is 0 Å². The highest BCUT2D eigenvalue weighted by atomic mass is 16.7. The van der Waals surface area contributed by atoms with E-state index in [2.05, 4.69) is 10.5 Å². The minimum atomic E-state index is -0.816. The van der Waals surface area contributed by atoms with Crippen LogP contribution in [0.1, 0.15) is 24.5 Å². The van der Waals surface area contributed by atoms with Crippen molar-refractivity contribution >= 4 is 12.1 Å². The van der Waals surface area contributed by atoms with Crippen molar-refractivity contribution in [2.24, 2.45) is 5.10 Å². The molecule has 0 atom stereocenters. The van der Waals surface area contributed by atoms with Gasteiger partial charge in [-0.3, -0.25) is 4.79 Å². The second-order valence-corrected chi connectivity index (χ2v) is 4.71. The number of ether oxygens (including phenoxy) is 2. The lowest BCUT2D eigenvalue weighted by Gasteiger charge is -2.20. The summed E-state index contributed by atoms with van der Waals surface area (Å²) in [5, 5.41) is 3.91. The highest BCUT2D eigenvalue weighted by Crippen LogP contribution is 2.22. The van der Waals surface area contributed by atoms with Crippen LogP contribution >= 0.6 is 0 Å². The SMILES string of the molecule is Cc1ccc(C=NNC(=O)CC2(C)OCCO2)cc1. The summed E-state index contributed by atoms with van der Waals surface area (Å²) in [6.45, 7) is 4.82. The van der Waals surface area contributed by atoms with Crippen molar-refractivity contribution in [3.8, 4) is 0 Å². The smallest absolute Gasteiger partial charge is 0.245 e. The molecule has 1 amide bonds. The number of nitrogens with zero attached hydrogens (tertiary/aromatic N) is 1. The average molecular weight is 262 g/mol. The van der Waals surface area contributed by atoms with Crippen molar-refractivity contribution in [1.29, 1.82) is 0 Å². The van der Waals surface area contributed by atoms with Gasteiger partial charge < -0.3 is 9.47 Å². The Bertz CT molecular complexity index is 462. The molecule has 1 heterocycles. The van der Waals surface area contributed by atoms with Crippen LogP contribution in [-0.4, -0.2) is 31.1 Å². The van der Waals surface area contributed by atoms with Crippen LogP contribution in [0, 0.1) is 6.92 Å². The molecule has 0 saturated carbocycles. The summed E-state index contributed by atoms with van der Waals surface area (Å²) < 4.78 is 10.7. The van der Waals surface area contributed by atoms with E-state index in [4.69, 9.17) is 9.47 Å². The van der Waals surface area contributed by atoms with Crippen LogP contribution in [0.15, 0.2) is 29.4 Å². The predicted octanol–water partition coefficient (Wildman–Crippen LogP) is 1.60. The van der Waals surface area contributed by atoms with E-state index in [1.165, 1.54) is 5.56 Å². The maximum absolute atomic E-state index is 11.7. The van der Waals surface area contributed by atoms with Gasteiger partial charge in [-0.15, -0.1) is 0 Å². The fourth-order valence-corrected chi connectivity index (χ4v) is 1.82. The molecular formula is C14H18N2O3. The largest absolute Gasteiger partial charge is 0.347 e. The van der Waals surface area contributed by atoms with Crippen LogP contribution in [0.25, 0.3) is 0 Å². The summed E-state index contributed by atoms with van der Waals surface area (Å²) in [5.41, 5.74) is 4.59. The van der Waals surface area contributed by atoms with Gasteiger partial charge in [-0.05, 0) is 19.4 Å². The summed E-state index contributed by atoms with van der Waals surface area (Å²) in [6, 6.07) is 7.86. The summed E-state index contributed by atoms with van der Waals surface area (Å²) in [6.07, 6.45) is 1.74. The number of hydrogen-bond donors (Lipinski definition) is 1. The molecule has 1 aliphatic rings. The molecular weight excluding hydrogens is 244 g/mol. The third kappa shape index (κ3) is 4.15. The Morgan fingerprint density at radius 2 is 2.00 bits per heavy atom. The van der Waals surface area contributed by atoms with Crippen molar-refractivity contribution in [2.45, 2.75) is 26.1 Å². The van der Waals surface area contributed by atoms with Gasteiger partial charge >= 0.3 is 0 Å². The quantitative estimate of drug-likeness (QED) is 0.662. The molecule has 1 aromatic rings. The van der Waals surface area contributed by atoms with Gasteiger partial charge in [0.25, 0.3) is 0 Å². The van der Waals surface area contributed by atoms with Crippen LogP contribution in [-0.2, 0) is 14.3 Å². The first kappa shape index (κ1) is 13.7. The molecule has 102 valence electrons. The van der Waals surface area contributed by atoms with Crippen molar-refractivity contribution in [3.05, 3.63) is 35.4 Å². The molecule has 0 aromatic heterocycles. The number of hydrogen-bond acceptors (Lipinski definition) is 4. The summed E-state index contributed by atoms with van der Waals surface area (Å²) in [4.78, 5) is 11.7. The number of aryl methyl sites for hydroxylation is 1. The molecule has 1 aliphatic heterocycles. The van der Waals surface area contributed by atoms with Crippen molar-refractivity contribution in [2.75, 3.05) is 13.2 Å². The molecule has 0 aliphatic carbocycles. The molecule has 1 saturated heterocycles. The molecule has 0 bridgehead atoms. The Hall–Kier alpha value is -1.72. The highest BCUT2D eigenvalue weighted by Gasteiger charge is 2.33. The van der Waals surface area contributed by atoms with Gasteiger partial charge in [0.15, 0.2) is 5.79 Å². The first-order valence-electron chi connectivity index (χ1n) is 6.24. The van der Waals surface area contributed by atoms with Crippen LogP contribution < -0.4 is 5.43 Å². The average Bonchev–Trinajstić information content (AvgIpc) is 2.78. The molecule has 1 aromatic carbocycles. The number of hydrazone groups is 1. The van der Waals surface area contributed by atoms with Gasteiger partial charge in [-0.2, -0.15) is 5.10 Å². The lowest BCUT2D eigenvalue weighted by atomic mass is 10.2. The van der Waals surface area contributed by atoms with E-state index < -0.39 is 5.79 Å². The minimum absolute atomic E-state index is 0.137. The van der Waals surface area contributed by atoms with Crippen LogP contribution in [0.2, 0.25) is 0 Å². The molecule has 1 fully saturated rings. The number of amides is 1. The molecule has 5 heteroatoms. The highest BCUT2D eigenvalue weighted by molar-refractivity contribution is 5.82. The van der Waals surface area contributed by atoms with Gasteiger partial charge in [-0.25, -0.2) is 5.43 Å².